The van der Waals surface area contributed by atoms with Crippen molar-refractivity contribution in [1.29, 1.82) is 0 Å². The number of carbonyl (C=O) groups is 1. The highest BCUT2D eigenvalue weighted by molar-refractivity contribution is 7.15. The predicted octanol–water partition coefficient (Wildman–Crippen LogP) is 3.89. The number of likely N-dealkylation sites (N-methyl/N-ethyl adjacent to an activating group) is 1. The van der Waals surface area contributed by atoms with Gasteiger partial charge in [0.1, 0.15) is 11.5 Å². The lowest BCUT2D eigenvalue weighted by Gasteiger charge is -2.23. The lowest BCUT2D eigenvalue weighted by atomic mass is 10.2. The Balaban J connectivity index is 1.36. The molecule has 2 atom stereocenters. The van der Waals surface area contributed by atoms with Crippen LogP contribution in [0.25, 0.3) is 6.08 Å². The molecule has 2 aliphatic rings. The van der Waals surface area contributed by atoms with E-state index in [0.29, 0.717) is 17.0 Å². The molecule has 6 heteroatoms. The molecule has 1 saturated carbocycles. The Kier molecular flexibility index (Phi) is 4.48. The maximum absolute atomic E-state index is 12.1. The van der Waals surface area contributed by atoms with Gasteiger partial charge in [-0.2, -0.15) is 0 Å². The fraction of sp³-hybridized carbons (Fsp3) is 0.474. The molecule has 0 radical (unpaired) electrons. The highest BCUT2D eigenvalue weighted by Gasteiger charge is 2.36. The highest BCUT2D eigenvalue weighted by Crippen LogP contribution is 2.47. The van der Waals surface area contributed by atoms with Crippen molar-refractivity contribution in [3.8, 4) is 0 Å². The molecular formula is C19H23N3O2S. The zero-order valence-corrected chi connectivity index (χ0v) is 15.4. The molecule has 0 aromatic carbocycles. The van der Waals surface area contributed by atoms with E-state index in [1.165, 1.54) is 17.4 Å². The van der Waals surface area contributed by atoms with Crippen LogP contribution in [0.5, 0.6) is 0 Å². The number of carbonyl (C=O) groups excluding carboxylic acids is 1. The Bertz CT molecular complexity index is 807. The zero-order chi connectivity index (χ0) is 17.4. The number of rotatable bonds is 5. The van der Waals surface area contributed by atoms with Gasteiger partial charge in [0, 0.05) is 36.4 Å². The summed E-state index contributed by atoms with van der Waals surface area (Å²) in [5.41, 5.74) is 1.13. The quantitative estimate of drug-likeness (QED) is 0.825. The first-order chi connectivity index (χ1) is 12.1. The van der Waals surface area contributed by atoms with Crippen molar-refractivity contribution in [1.82, 2.24) is 9.88 Å². The molecule has 1 aliphatic heterocycles. The lowest BCUT2D eigenvalue weighted by molar-refractivity contribution is -0.111. The van der Waals surface area contributed by atoms with E-state index in [4.69, 9.17) is 4.42 Å². The van der Waals surface area contributed by atoms with Crippen molar-refractivity contribution in [3.63, 3.8) is 0 Å². The first-order valence-corrected chi connectivity index (χ1v) is 9.73. The van der Waals surface area contributed by atoms with E-state index in [1.807, 2.05) is 12.1 Å². The van der Waals surface area contributed by atoms with Gasteiger partial charge in [-0.3, -0.25) is 15.0 Å². The van der Waals surface area contributed by atoms with Crippen molar-refractivity contribution in [2.24, 2.45) is 5.92 Å². The minimum absolute atomic E-state index is 0.170. The minimum atomic E-state index is -0.170. The van der Waals surface area contributed by atoms with Crippen LogP contribution in [0.3, 0.4) is 0 Å². The third kappa shape index (κ3) is 3.70. The minimum Gasteiger partial charge on any atom is -0.461 e. The number of nitrogens with one attached hydrogen (secondary N) is 1. The summed E-state index contributed by atoms with van der Waals surface area (Å²) in [6.07, 6.45) is 5.39. The summed E-state index contributed by atoms with van der Waals surface area (Å²) in [6, 6.07) is 3.94. The second-order valence-electron chi connectivity index (χ2n) is 6.89. The van der Waals surface area contributed by atoms with Crippen LogP contribution in [0.4, 0.5) is 5.13 Å². The molecule has 2 aromatic rings. The molecule has 1 amide bonds. The molecule has 1 N–H and O–H groups in total. The molecule has 0 unspecified atom stereocenters. The molecule has 0 spiro atoms. The fourth-order valence-electron chi connectivity index (χ4n) is 3.25. The number of aromatic nitrogens is 1. The van der Waals surface area contributed by atoms with Gasteiger partial charge in [0.05, 0.1) is 5.69 Å². The number of hydrogen-bond acceptors (Lipinski definition) is 5. The van der Waals surface area contributed by atoms with Crippen molar-refractivity contribution in [3.05, 3.63) is 40.3 Å². The van der Waals surface area contributed by atoms with Gasteiger partial charge in [-0.25, -0.2) is 4.98 Å². The van der Waals surface area contributed by atoms with Crippen LogP contribution in [0.15, 0.2) is 22.6 Å². The van der Waals surface area contributed by atoms with E-state index < -0.39 is 0 Å². The van der Waals surface area contributed by atoms with Crippen molar-refractivity contribution in [2.75, 3.05) is 18.4 Å². The van der Waals surface area contributed by atoms with E-state index in [-0.39, 0.29) is 5.91 Å². The molecular weight excluding hydrogens is 334 g/mol. The molecule has 1 aliphatic carbocycles. The summed E-state index contributed by atoms with van der Waals surface area (Å²) < 4.78 is 5.78. The van der Waals surface area contributed by atoms with E-state index in [1.54, 1.807) is 17.4 Å². The van der Waals surface area contributed by atoms with E-state index in [2.05, 4.69) is 29.0 Å². The summed E-state index contributed by atoms with van der Waals surface area (Å²) in [4.78, 5) is 20.4. The highest BCUT2D eigenvalue weighted by atomic mass is 32.1. The molecule has 1 fully saturated rings. The number of fused-ring (bicyclic) bond motifs is 1. The number of hydrogen-bond donors (Lipinski definition) is 1. The number of furan rings is 1. The Morgan fingerprint density at radius 1 is 1.52 bits per heavy atom. The Labute approximate surface area is 151 Å². The molecule has 0 bridgehead atoms. The summed E-state index contributed by atoms with van der Waals surface area (Å²) in [5.74, 6) is 2.85. The standard InChI is InChI=1S/C19H23N3O2S/c1-3-22-9-8-15-17(11-22)25-19(20-15)21-18(23)7-5-13-4-6-16(24-13)14-10-12(14)2/h4-7,12,14H,3,8-11H2,1-2H3,(H,20,21,23)/b7-5+/t12-,14-/m0/s1. The SMILES string of the molecule is CCN1CCc2nc(NC(=O)/C=C/c3ccc([C@H]4C[C@@H]4C)o3)sc2C1. The van der Waals surface area contributed by atoms with Crippen LogP contribution < -0.4 is 5.32 Å². The fourth-order valence-corrected chi connectivity index (χ4v) is 4.31. The average Bonchev–Trinajstić information content (AvgIpc) is 3.01. The van der Waals surface area contributed by atoms with Crippen LogP contribution in [0.2, 0.25) is 0 Å². The van der Waals surface area contributed by atoms with Gasteiger partial charge < -0.3 is 4.42 Å². The summed E-state index contributed by atoms with van der Waals surface area (Å²) in [7, 11) is 0. The van der Waals surface area contributed by atoms with Gasteiger partial charge in [0.15, 0.2) is 5.13 Å². The molecule has 5 nitrogen and oxygen atoms in total. The number of anilines is 1. The molecule has 25 heavy (non-hydrogen) atoms. The predicted molar refractivity (Wildman–Crippen MR) is 99.7 cm³/mol. The molecule has 3 heterocycles. The van der Waals surface area contributed by atoms with Crippen LogP contribution >= 0.6 is 11.3 Å². The lowest BCUT2D eigenvalue weighted by Crippen LogP contribution is -2.29. The van der Waals surface area contributed by atoms with Crippen LogP contribution in [-0.2, 0) is 17.8 Å². The van der Waals surface area contributed by atoms with E-state index in [9.17, 15) is 4.79 Å². The van der Waals surface area contributed by atoms with Gasteiger partial charge in [0.25, 0.3) is 0 Å². The van der Waals surface area contributed by atoms with Crippen LogP contribution in [0.1, 0.15) is 48.3 Å². The van der Waals surface area contributed by atoms with Gasteiger partial charge >= 0.3 is 0 Å². The number of thiazole rings is 1. The van der Waals surface area contributed by atoms with E-state index >= 15 is 0 Å². The largest absolute Gasteiger partial charge is 0.461 e. The van der Waals surface area contributed by atoms with Gasteiger partial charge in [-0.05, 0) is 37.1 Å². The van der Waals surface area contributed by atoms with E-state index in [0.717, 1.165) is 43.3 Å². The monoisotopic (exact) mass is 357 g/mol. The Morgan fingerprint density at radius 3 is 3.12 bits per heavy atom. The maximum atomic E-state index is 12.1. The third-order valence-corrected chi connectivity index (χ3v) is 6.01. The average molecular weight is 357 g/mol. The number of nitrogens with zero attached hydrogens (tertiary/aromatic N) is 2. The molecule has 4 rings (SSSR count). The zero-order valence-electron chi connectivity index (χ0n) is 14.6. The third-order valence-electron chi connectivity index (χ3n) is 5.01. The first-order valence-electron chi connectivity index (χ1n) is 8.92. The molecule has 2 aromatic heterocycles. The topological polar surface area (TPSA) is 58.4 Å². The second-order valence-corrected chi connectivity index (χ2v) is 7.97. The van der Waals surface area contributed by atoms with Crippen LogP contribution in [0, 0.1) is 5.92 Å². The van der Waals surface area contributed by atoms with Gasteiger partial charge in [-0.15, -0.1) is 11.3 Å². The Morgan fingerprint density at radius 2 is 2.36 bits per heavy atom. The smallest absolute Gasteiger partial charge is 0.250 e. The number of amides is 1. The van der Waals surface area contributed by atoms with Crippen molar-refractivity contribution < 1.29 is 9.21 Å². The van der Waals surface area contributed by atoms with Crippen molar-refractivity contribution >= 4 is 28.5 Å². The summed E-state index contributed by atoms with van der Waals surface area (Å²) in [6.45, 7) is 7.42. The first kappa shape index (κ1) is 16.5. The summed E-state index contributed by atoms with van der Waals surface area (Å²) in [5, 5.41) is 3.56. The maximum Gasteiger partial charge on any atom is 0.250 e. The second kappa shape index (κ2) is 6.77. The Hall–Kier alpha value is -1.92. The summed E-state index contributed by atoms with van der Waals surface area (Å²) >= 11 is 1.58. The molecule has 0 saturated heterocycles. The normalized spacial score (nSPS) is 23.0. The molecule has 132 valence electrons. The van der Waals surface area contributed by atoms with Gasteiger partial charge in [-0.1, -0.05) is 13.8 Å². The van der Waals surface area contributed by atoms with Gasteiger partial charge in [0.2, 0.25) is 5.91 Å². The van der Waals surface area contributed by atoms with Crippen molar-refractivity contribution in [2.45, 2.75) is 39.2 Å². The van der Waals surface area contributed by atoms with Crippen LogP contribution in [-0.4, -0.2) is 28.9 Å².